The van der Waals surface area contributed by atoms with Crippen molar-refractivity contribution in [3.05, 3.63) is 52.2 Å². The molecule has 4 heteroatoms. The number of nitrogens with two attached hydrogens (primary N) is 1. The molecule has 1 amide bonds. The van der Waals surface area contributed by atoms with Crippen molar-refractivity contribution in [2.75, 3.05) is 5.73 Å². The fraction of sp³-hybridized carbons (Fsp3) is 0.214. The average Bonchev–Trinajstić information content (AvgIpc) is 2.89. The predicted octanol–water partition coefficient (Wildman–Crippen LogP) is 2.58. The van der Waals surface area contributed by atoms with E-state index < -0.39 is 0 Å². The zero-order chi connectivity index (χ0) is 12.8. The van der Waals surface area contributed by atoms with Gasteiger partial charge in [0.25, 0.3) is 0 Å². The van der Waals surface area contributed by atoms with Gasteiger partial charge in [0, 0.05) is 18.7 Å². The number of anilines is 1. The maximum atomic E-state index is 11.6. The summed E-state index contributed by atoms with van der Waals surface area (Å²) in [7, 11) is 0. The van der Waals surface area contributed by atoms with Crippen molar-refractivity contribution in [1.29, 1.82) is 0 Å². The first-order valence-corrected chi connectivity index (χ1v) is 6.80. The van der Waals surface area contributed by atoms with Crippen LogP contribution in [0.3, 0.4) is 0 Å². The minimum absolute atomic E-state index is 0.0815. The zero-order valence-electron chi connectivity index (χ0n) is 10.1. The van der Waals surface area contributed by atoms with Crippen LogP contribution in [0.25, 0.3) is 0 Å². The van der Waals surface area contributed by atoms with Gasteiger partial charge in [0.2, 0.25) is 5.91 Å². The number of nitrogen functional groups attached to an aromatic ring is 1. The first kappa shape index (κ1) is 12.6. The van der Waals surface area contributed by atoms with Gasteiger partial charge >= 0.3 is 0 Å². The fourth-order valence-electron chi connectivity index (χ4n) is 1.62. The van der Waals surface area contributed by atoms with Gasteiger partial charge in [-0.3, -0.25) is 4.79 Å². The van der Waals surface area contributed by atoms with Gasteiger partial charge in [-0.05, 0) is 46.5 Å². The van der Waals surface area contributed by atoms with Crippen LogP contribution in [0.4, 0.5) is 5.69 Å². The number of carbonyl (C=O) groups excluding carboxylic acids is 1. The number of benzene rings is 1. The maximum Gasteiger partial charge on any atom is 0.220 e. The van der Waals surface area contributed by atoms with Crippen LogP contribution in [0.1, 0.15) is 17.5 Å². The van der Waals surface area contributed by atoms with E-state index in [4.69, 9.17) is 5.73 Å². The summed E-state index contributed by atoms with van der Waals surface area (Å²) in [5.74, 6) is 0.0815. The molecule has 0 aliphatic carbocycles. The summed E-state index contributed by atoms with van der Waals surface area (Å²) in [5, 5.41) is 6.96. The molecule has 1 aromatic heterocycles. The van der Waals surface area contributed by atoms with Crippen molar-refractivity contribution >= 4 is 22.9 Å². The standard InChI is InChI=1S/C14H16N2OS/c15-13-4-1-11(2-5-13)3-6-14(17)16-9-12-7-8-18-10-12/h1-2,4-5,7-8,10H,3,6,9,15H2,(H,16,17). The number of thiophene rings is 1. The van der Waals surface area contributed by atoms with E-state index in [1.807, 2.05) is 41.1 Å². The minimum Gasteiger partial charge on any atom is -0.399 e. The van der Waals surface area contributed by atoms with Crippen molar-refractivity contribution in [1.82, 2.24) is 5.32 Å². The van der Waals surface area contributed by atoms with E-state index in [1.54, 1.807) is 11.3 Å². The zero-order valence-corrected chi connectivity index (χ0v) is 10.9. The second-order valence-electron chi connectivity index (χ2n) is 4.15. The van der Waals surface area contributed by atoms with Gasteiger partial charge in [-0.1, -0.05) is 12.1 Å². The van der Waals surface area contributed by atoms with Crippen LogP contribution in [0.15, 0.2) is 41.1 Å². The largest absolute Gasteiger partial charge is 0.399 e. The molecule has 0 aliphatic rings. The number of hydrogen-bond donors (Lipinski definition) is 2. The van der Waals surface area contributed by atoms with Gasteiger partial charge in [-0.15, -0.1) is 0 Å². The molecule has 0 spiro atoms. The van der Waals surface area contributed by atoms with Crippen LogP contribution in [-0.4, -0.2) is 5.91 Å². The summed E-state index contributed by atoms with van der Waals surface area (Å²) in [6.45, 7) is 0.615. The van der Waals surface area contributed by atoms with Crippen LogP contribution in [0.2, 0.25) is 0 Å². The minimum atomic E-state index is 0.0815. The number of hydrogen-bond acceptors (Lipinski definition) is 3. The lowest BCUT2D eigenvalue weighted by molar-refractivity contribution is -0.121. The molecule has 1 heterocycles. The molecule has 0 aliphatic heterocycles. The van der Waals surface area contributed by atoms with E-state index in [2.05, 4.69) is 5.32 Å². The van der Waals surface area contributed by atoms with Crippen molar-refractivity contribution in [3.8, 4) is 0 Å². The highest BCUT2D eigenvalue weighted by molar-refractivity contribution is 7.07. The van der Waals surface area contributed by atoms with Gasteiger partial charge in [-0.25, -0.2) is 0 Å². The maximum absolute atomic E-state index is 11.6. The summed E-state index contributed by atoms with van der Waals surface area (Å²) in [6, 6.07) is 9.66. The molecule has 0 bridgehead atoms. The molecule has 3 N–H and O–H groups in total. The Morgan fingerprint density at radius 1 is 1.17 bits per heavy atom. The molecule has 2 rings (SSSR count). The number of amides is 1. The van der Waals surface area contributed by atoms with Crippen molar-refractivity contribution in [3.63, 3.8) is 0 Å². The molecule has 18 heavy (non-hydrogen) atoms. The first-order valence-electron chi connectivity index (χ1n) is 5.86. The lowest BCUT2D eigenvalue weighted by Gasteiger charge is -2.04. The third kappa shape index (κ3) is 3.89. The molecule has 0 atom stereocenters. The second kappa shape index (κ2) is 6.21. The Balaban J connectivity index is 1.73. The van der Waals surface area contributed by atoms with Crippen molar-refractivity contribution in [2.24, 2.45) is 0 Å². The Bertz CT molecular complexity index is 491. The van der Waals surface area contributed by atoms with E-state index >= 15 is 0 Å². The molecule has 0 radical (unpaired) electrons. The SMILES string of the molecule is Nc1ccc(CCC(=O)NCc2ccsc2)cc1. The van der Waals surface area contributed by atoms with Crippen LogP contribution >= 0.6 is 11.3 Å². The van der Waals surface area contributed by atoms with Gasteiger partial charge in [0.05, 0.1) is 0 Å². The van der Waals surface area contributed by atoms with E-state index in [-0.39, 0.29) is 5.91 Å². The summed E-state index contributed by atoms with van der Waals surface area (Å²) >= 11 is 1.64. The molecule has 0 unspecified atom stereocenters. The number of nitrogens with one attached hydrogen (secondary N) is 1. The number of carbonyl (C=O) groups is 1. The highest BCUT2D eigenvalue weighted by atomic mass is 32.1. The van der Waals surface area contributed by atoms with Crippen molar-refractivity contribution in [2.45, 2.75) is 19.4 Å². The number of aryl methyl sites for hydroxylation is 1. The Morgan fingerprint density at radius 2 is 1.94 bits per heavy atom. The van der Waals surface area contributed by atoms with Crippen LogP contribution in [0.5, 0.6) is 0 Å². The van der Waals surface area contributed by atoms with Gasteiger partial charge in [0.15, 0.2) is 0 Å². The second-order valence-corrected chi connectivity index (χ2v) is 4.93. The summed E-state index contributed by atoms with van der Waals surface area (Å²) in [4.78, 5) is 11.6. The lowest BCUT2D eigenvalue weighted by atomic mass is 10.1. The molecule has 2 aromatic rings. The monoisotopic (exact) mass is 260 g/mol. The third-order valence-electron chi connectivity index (χ3n) is 2.69. The van der Waals surface area contributed by atoms with Crippen LogP contribution in [-0.2, 0) is 17.8 Å². The highest BCUT2D eigenvalue weighted by Gasteiger charge is 2.02. The number of rotatable bonds is 5. The predicted molar refractivity (Wildman–Crippen MR) is 75.3 cm³/mol. The van der Waals surface area contributed by atoms with E-state index in [0.717, 1.165) is 23.2 Å². The van der Waals surface area contributed by atoms with Crippen molar-refractivity contribution < 1.29 is 4.79 Å². The van der Waals surface area contributed by atoms with Crippen LogP contribution < -0.4 is 11.1 Å². The normalized spacial score (nSPS) is 10.2. The fourth-order valence-corrected chi connectivity index (χ4v) is 2.29. The van der Waals surface area contributed by atoms with E-state index in [9.17, 15) is 4.79 Å². The molecule has 0 saturated carbocycles. The Kier molecular flexibility index (Phi) is 4.36. The Labute approximate surface area is 111 Å². The Morgan fingerprint density at radius 3 is 2.61 bits per heavy atom. The smallest absolute Gasteiger partial charge is 0.220 e. The van der Waals surface area contributed by atoms with E-state index in [0.29, 0.717) is 13.0 Å². The topological polar surface area (TPSA) is 55.1 Å². The van der Waals surface area contributed by atoms with E-state index in [1.165, 1.54) is 0 Å². The third-order valence-corrected chi connectivity index (χ3v) is 3.42. The average molecular weight is 260 g/mol. The molecule has 0 fully saturated rings. The first-order chi connectivity index (χ1) is 8.74. The molecule has 1 aromatic carbocycles. The van der Waals surface area contributed by atoms with Gasteiger partial charge in [0.1, 0.15) is 0 Å². The van der Waals surface area contributed by atoms with Gasteiger partial charge in [-0.2, -0.15) is 11.3 Å². The lowest BCUT2D eigenvalue weighted by Crippen LogP contribution is -2.22. The molecular weight excluding hydrogens is 244 g/mol. The molecule has 94 valence electrons. The molecular formula is C14H16N2OS. The van der Waals surface area contributed by atoms with Gasteiger partial charge < -0.3 is 11.1 Å². The summed E-state index contributed by atoms with van der Waals surface area (Å²) in [5.41, 5.74) is 8.64. The van der Waals surface area contributed by atoms with Crippen LogP contribution in [0, 0.1) is 0 Å². The molecule has 3 nitrogen and oxygen atoms in total. The quantitative estimate of drug-likeness (QED) is 0.812. The molecule has 0 saturated heterocycles. The Hall–Kier alpha value is -1.81. The highest BCUT2D eigenvalue weighted by Crippen LogP contribution is 2.08. The summed E-state index contributed by atoms with van der Waals surface area (Å²) in [6.07, 6.45) is 1.25. The summed E-state index contributed by atoms with van der Waals surface area (Å²) < 4.78 is 0.